The lowest BCUT2D eigenvalue weighted by atomic mass is 10.1. The molecular weight excluding hydrogens is 410 g/mol. The summed E-state index contributed by atoms with van der Waals surface area (Å²) in [6.45, 7) is 1.83. The van der Waals surface area contributed by atoms with Crippen LogP contribution in [0, 0.1) is 18.6 Å². The summed E-state index contributed by atoms with van der Waals surface area (Å²) in [4.78, 5) is 12.8. The smallest absolute Gasteiger partial charge is 0.242 e. The quantitative estimate of drug-likeness (QED) is 0.599. The molecule has 0 heterocycles. The number of benzene rings is 3. The highest BCUT2D eigenvalue weighted by Gasteiger charge is 2.26. The first-order valence-electron chi connectivity index (χ1n) is 9.13. The maximum absolute atomic E-state index is 13.5. The van der Waals surface area contributed by atoms with Crippen LogP contribution in [0.15, 0.2) is 77.7 Å². The molecular formula is C22H20F2N2O3S. The van der Waals surface area contributed by atoms with Crippen molar-refractivity contribution in [2.75, 3.05) is 5.32 Å². The summed E-state index contributed by atoms with van der Waals surface area (Å²) < 4.78 is 54.6. The van der Waals surface area contributed by atoms with Crippen LogP contribution >= 0.6 is 0 Å². The van der Waals surface area contributed by atoms with Crippen molar-refractivity contribution in [1.29, 1.82) is 0 Å². The van der Waals surface area contributed by atoms with Crippen molar-refractivity contribution >= 4 is 21.6 Å². The summed E-state index contributed by atoms with van der Waals surface area (Å²) in [6.07, 6.45) is 0.0709. The van der Waals surface area contributed by atoms with Gasteiger partial charge in [0.05, 0.1) is 4.90 Å². The summed E-state index contributed by atoms with van der Waals surface area (Å²) in [5.41, 5.74) is 1.65. The van der Waals surface area contributed by atoms with Gasteiger partial charge in [-0.1, -0.05) is 48.0 Å². The maximum atomic E-state index is 13.5. The van der Waals surface area contributed by atoms with Gasteiger partial charge in [-0.2, -0.15) is 4.72 Å². The van der Waals surface area contributed by atoms with Gasteiger partial charge in [0.1, 0.15) is 6.04 Å². The van der Waals surface area contributed by atoms with Crippen molar-refractivity contribution in [3.8, 4) is 0 Å². The number of hydrogen-bond donors (Lipinski definition) is 2. The number of aryl methyl sites for hydroxylation is 1. The molecule has 0 radical (unpaired) electrons. The third-order valence-electron chi connectivity index (χ3n) is 4.41. The average molecular weight is 430 g/mol. The van der Waals surface area contributed by atoms with Gasteiger partial charge in [-0.15, -0.1) is 0 Å². The van der Waals surface area contributed by atoms with Gasteiger partial charge in [-0.3, -0.25) is 4.79 Å². The minimum absolute atomic E-state index is 0.0199. The lowest BCUT2D eigenvalue weighted by Crippen LogP contribution is -2.45. The summed E-state index contributed by atoms with van der Waals surface area (Å²) in [6, 6.07) is 16.8. The lowest BCUT2D eigenvalue weighted by Gasteiger charge is -2.19. The van der Waals surface area contributed by atoms with Crippen molar-refractivity contribution in [1.82, 2.24) is 4.72 Å². The normalized spacial score (nSPS) is 12.4. The molecule has 0 spiro atoms. The van der Waals surface area contributed by atoms with Gasteiger partial charge in [-0.25, -0.2) is 17.2 Å². The van der Waals surface area contributed by atoms with Crippen molar-refractivity contribution in [2.24, 2.45) is 0 Å². The van der Waals surface area contributed by atoms with Gasteiger partial charge in [0.2, 0.25) is 15.9 Å². The van der Waals surface area contributed by atoms with E-state index in [1.54, 1.807) is 42.5 Å². The average Bonchev–Trinajstić information content (AvgIpc) is 2.71. The van der Waals surface area contributed by atoms with E-state index in [9.17, 15) is 22.0 Å². The van der Waals surface area contributed by atoms with E-state index in [4.69, 9.17) is 0 Å². The molecule has 30 heavy (non-hydrogen) atoms. The molecule has 0 saturated heterocycles. The number of halogens is 2. The Balaban J connectivity index is 1.86. The van der Waals surface area contributed by atoms with E-state index >= 15 is 0 Å². The molecule has 3 aromatic carbocycles. The van der Waals surface area contributed by atoms with Crippen LogP contribution in [0.25, 0.3) is 0 Å². The fourth-order valence-electron chi connectivity index (χ4n) is 2.81. The predicted octanol–water partition coefficient (Wildman–Crippen LogP) is 3.80. The Morgan fingerprint density at radius 1 is 0.933 bits per heavy atom. The molecule has 0 aromatic heterocycles. The summed E-state index contributed by atoms with van der Waals surface area (Å²) in [5.74, 6) is -2.86. The molecule has 1 amide bonds. The highest BCUT2D eigenvalue weighted by Crippen LogP contribution is 2.16. The number of anilines is 1. The van der Waals surface area contributed by atoms with Crippen LogP contribution < -0.4 is 10.0 Å². The summed E-state index contributed by atoms with van der Waals surface area (Å²) in [7, 11) is -3.99. The fourth-order valence-corrected chi connectivity index (χ4v) is 4.01. The van der Waals surface area contributed by atoms with E-state index in [0.29, 0.717) is 0 Å². The number of nitrogens with one attached hydrogen (secondary N) is 2. The Labute approximate surface area is 173 Å². The molecule has 156 valence electrons. The number of carbonyl (C=O) groups is 1. The molecule has 0 aliphatic heterocycles. The molecule has 0 aliphatic rings. The summed E-state index contributed by atoms with van der Waals surface area (Å²) in [5, 5.41) is 2.44. The Morgan fingerprint density at radius 3 is 2.23 bits per heavy atom. The van der Waals surface area contributed by atoms with Gasteiger partial charge in [0, 0.05) is 11.8 Å². The first-order chi connectivity index (χ1) is 14.2. The second kappa shape index (κ2) is 9.15. The van der Waals surface area contributed by atoms with Gasteiger partial charge < -0.3 is 5.32 Å². The number of sulfonamides is 1. The molecule has 3 rings (SSSR count). The van der Waals surface area contributed by atoms with Gasteiger partial charge >= 0.3 is 0 Å². The Kier molecular flexibility index (Phi) is 6.59. The minimum Gasteiger partial charge on any atom is -0.325 e. The molecule has 0 fully saturated rings. The molecule has 2 N–H and O–H groups in total. The lowest BCUT2D eigenvalue weighted by molar-refractivity contribution is -0.117. The summed E-state index contributed by atoms with van der Waals surface area (Å²) >= 11 is 0. The van der Waals surface area contributed by atoms with Crippen molar-refractivity contribution < 1.29 is 22.0 Å². The monoisotopic (exact) mass is 430 g/mol. The second-order valence-electron chi connectivity index (χ2n) is 6.79. The van der Waals surface area contributed by atoms with E-state index in [1.807, 2.05) is 6.92 Å². The van der Waals surface area contributed by atoms with Gasteiger partial charge in [0.25, 0.3) is 0 Å². The van der Waals surface area contributed by atoms with Crippen molar-refractivity contribution in [3.05, 3.63) is 95.6 Å². The van der Waals surface area contributed by atoms with Crippen molar-refractivity contribution in [2.45, 2.75) is 24.3 Å². The fraction of sp³-hybridized carbons (Fsp3) is 0.136. The number of amides is 1. The number of rotatable bonds is 7. The van der Waals surface area contributed by atoms with E-state index in [-0.39, 0.29) is 17.0 Å². The van der Waals surface area contributed by atoms with E-state index in [2.05, 4.69) is 10.0 Å². The Hall–Kier alpha value is -3.10. The molecule has 5 nitrogen and oxygen atoms in total. The zero-order valence-electron chi connectivity index (χ0n) is 16.1. The predicted molar refractivity (Wildman–Crippen MR) is 110 cm³/mol. The first-order valence-corrected chi connectivity index (χ1v) is 10.6. The van der Waals surface area contributed by atoms with Crippen LogP contribution in [0.2, 0.25) is 0 Å². The molecule has 1 atom stereocenters. The molecule has 0 unspecified atom stereocenters. The Bertz CT molecular complexity index is 1130. The molecule has 8 heteroatoms. The van der Waals surface area contributed by atoms with Crippen LogP contribution in [0.3, 0.4) is 0 Å². The highest BCUT2D eigenvalue weighted by atomic mass is 32.2. The van der Waals surface area contributed by atoms with Crippen LogP contribution in [-0.2, 0) is 21.2 Å². The minimum atomic E-state index is -3.99. The SMILES string of the molecule is Cc1ccc(S(=O)(=O)N[C@H](Cc2ccccc2)C(=O)Nc2ccc(F)c(F)c2)cc1. The zero-order valence-corrected chi connectivity index (χ0v) is 16.9. The van der Waals surface area contributed by atoms with Crippen LogP contribution in [-0.4, -0.2) is 20.4 Å². The number of hydrogen-bond acceptors (Lipinski definition) is 3. The van der Waals surface area contributed by atoms with Crippen LogP contribution in [0.4, 0.5) is 14.5 Å². The third-order valence-corrected chi connectivity index (χ3v) is 5.90. The first kappa shape index (κ1) is 21.6. The standard InChI is InChI=1S/C22H20F2N2O3S/c1-15-7-10-18(11-8-15)30(28,29)26-21(13-16-5-3-2-4-6-16)22(27)25-17-9-12-19(23)20(24)14-17/h2-12,14,21,26H,13H2,1H3,(H,25,27)/t21-/m1/s1. The largest absolute Gasteiger partial charge is 0.325 e. The van der Waals surface area contributed by atoms with E-state index in [1.165, 1.54) is 18.2 Å². The van der Waals surface area contributed by atoms with E-state index in [0.717, 1.165) is 23.3 Å². The molecule has 0 saturated carbocycles. The highest BCUT2D eigenvalue weighted by molar-refractivity contribution is 7.89. The second-order valence-corrected chi connectivity index (χ2v) is 8.51. The third kappa shape index (κ3) is 5.49. The molecule has 0 aliphatic carbocycles. The van der Waals surface area contributed by atoms with Gasteiger partial charge in [0.15, 0.2) is 11.6 Å². The number of carbonyl (C=O) groups excluding carboxylic acids is 1. The van der Waals surface area contributed by atoms with Gasteiger partial charge in [-0.05, 0) is 43.2 Å². The Morgan fingerprint density at radius 2 is 1.60 bits per heavy atom. The molecule has 3 aromatic rings. The van der Waals surface area contributed by atoms with Crippen LogP contribution in [0.1, 0.15) is 11.1 Å². The maximum Gasteiger partial charge on any atom is 0.242 e. The zero-order chi connectivity index (χ0) is 21.7. The van der Waals surface area contributed by atoms with Crippen molar-refractivity contribution in [3.63, 3.8) is 0 Å². The van der Waals surface area contributed by atoms with E-state index < -0.39 is 33.6 Å². The topological polar surface area (TPSA) is 75.3 Å². The van der Waals surface area contributed by atoms with Crippen LogP contribution in [0.5, 0.6) is 0 Å². The molecule has 0 bridgehead atoms.